The molecule has 0 unspecified atom stereocenters. The Kier molecular flexibility index (Phi) is 3.81. The van der Waals surface area contributed by atoms with E-state index in [2.05, 4.69) is 24.4 Å². The molecule has 19 heavy (non-hydrogen) atoms. The molecule has 0 N–H and O–H groups in total. The van der Waals surface area contributed by atoms with Gasteiger partial charge in [0.05, 0.1) is 6.20 Å². The first kappa shape index (κ1) is 13.9. The van der Waals surface area contributed by atoms with Crippen molar-refractivity contribution in [2.24, 2.45) is 0 Å². The number of rotatable bonds is 3. The molecule has 10 heteroatoms. The molecule has 0 saturated carbocycles. The Morgan fingerprint density at radius 2 is 2.00 bits per heavy atom. The fourth-order valence-corrected chi connectivity index (χ4v) is 1.70. The first-order chi connectivity index (χ1) is 8.88. The first-order valence-electron chi connectivity index (χ1n) is 4.69. The van der Waals surface area contributed by atoms with Crippen LogP contribution >= 0.6 is 23.2 Å². The summed E-state index contributed by atoms with van der Waals surface area (Å²) in [6.45, 7) is -1.53. The van der Waals surface area contributed by atoms with E-state index in [0.29, 0.717) is 0 Å². The second-order valence-corrected chi connectivity index (χ2v) is 4.04. The zero-order valence-electron chi connectivity index (χ0n) is 8.91. The minimum atomic E-state index is -4.51. The van der Waals surface area contributed by atoms with E-state index in [1.54, 1.807) is 0 Å². The van der Waals surface area contributed by atoms with E-state index in [0.717, 1.165) is 12.6 Å². The number of hydrogen-bond acceptors (Lipinski definition) is 5. The predicted molar refractivity (Wildman–Crippen MR) is 59.1 cm³/mol. The molecule has 102 valence electrons. The van der Waals surface area contributed by atoms with Gasteiger partial charge in [-0.3, -0.25) is 0 Å². The van der Waals surface area contributed by atoms with E-state index < -0.39 is 12.8 Å². The lowest BCUT2D eigenvalue weighted by Gasteiger charge is -2.12. The van der Waals surface area contributed by atoms with Crippen LogP contribution in [0.3, 0.4) is 0 Å². The summed E-state index contributed by atoms with van der Waals surface area (Å²) < 4.78 is 45.4. The lowest BCUT2D eigenvalue weighted by molar-refractivity contribution is -0.153. The number of ether oxygens (including phenoxy) is 1. The SMILES string of the molecule is FC(F)(F)COc1c(Cl)cnc(-c2ncon2)c1Cl. The maximum Gasteiger partial charge on any atom is 0.422 e. The first-order valence-corrected chi connectivity index (χ1v) is 5.44. The van der Waals surface area contributed by atoms with E-state index in [-0.39, 0.29) is 27.3 Å². The molecular weight excluding hydrogens is 310 g/mol. The average Bonchev–Trinajstić information content (AvgIpc) is 2.80. The number of hydrogen-bond donors (Lipinski definition) is 0. The Balaban J connectivity index is 2.35. The zero-order valence-corrected chi connectivity index (χ0v) is 10.4. The summed E-state index contributed by atoms with van der Waals surface area (Å²) in [5, 5.41) is 3.10. The average molecular weight is 314 g/mol. The van der Waals surface area contributed by atoms with Gasteiger partial charge in [0.2, 0.25) is 12.2 Å². The fraction of sp³-hybridized carbons (Fsp3) is 0.222. The Labute approximate surface area is 114 Å². The molecule has 0 spiro atoms. The monoisotopic (exact) mass is 313 g/mol. The molecule has 2 aromatic rings. The van der Waals surface area contributed by atoms with E-state index in [4.69, 9.17) is 23.2 Å². The van der Waals surface area contributed by atoms with Crippen molar-refractivity contribution in [3.8, 4) is 17.3 Å². The van der Waals surface area contributed by atoms with Gasteiger partial charge in [0, 0.05) is 0 Å². The maximum absolute atomic E-state index is 12.1. The lowest BCUT2D eigenvalue weighted by Crippen LogP contribution is -2.19. The molecule has 0 amide bonds. The second kappa shape index (κ2) is 5.22. The molecule has 0 radical (unpaired) electrons. The minimum absolute atomic E-state index is 0.0111. The van der Waals surface area contributed by atoms with E-state index in [9.17, 15) is 13.2 Å². The van der Waals surface area contributed by atoms with Crippen LogP contribution in [0.1, 0.15) is 0 Å². The van der Waals surface area contributed by atoms with Gasteiger partial charge in [-0.05, 0) is 0 Å². The molecule has 0 bridgehead atoms. The van der Waals surface area contributed by atoms with Crippen LogP contribution < -0.4 is 4.74 Å². The van der Waals surface area contributed by atoms with Crippen molar-refractivity contribution in [3.05, 3.63) is 22.6 Å². The smallest absolute Gasteiger partial charge is 0.422 e. The molecule has 0 atom stereocenters. The third-order valence-electron chi connectivity index (χ3n) is 1.88. The van der Waals surface area contributed by atoms with Gasteiger partial charge in [0.1, 0.15) is 15.7 Å². The van der Waals surface area contributed by atoms with Crippen LogP contribution in [0.2, 0.25) is 10.0 Å². The predicted octanol–water partition coefficient (Wildman–Crippen LogP) is 3.38. The van der Waals surface area contributed by atoms with Crippen molar-refractivity contribution in [3.63, 3.8) is 0 Å². The van der Waals surface area contributed by atoms with Crippen LogP contribution in [0.15, 0.2) is 17.1 Å². The third kappa shape index (κ3) is 3.27. The molecule has 0 aliphatic carbocycles. The zero-order chi connectivity index (χ0) is 14.0. The molecule has 2 heterocycles. The van der Waals surface area contributed by atoms with E-state index in [1.807, 2.05) is 0 Å². The summed E-state index contributed by atoms with van der Waals surface area (Å²) in [7, 11) is 0. The summed E-state index contributed by atoms with van der Waals surface area (Å²) in [5.41, 5.74) is 0.0111. The number of pyridine rings is 1. The molecule has 5 nitrogen and oxygen atoms in total. The van der Waals surface area contributed by atoms with Gasteiger partial charge < -0.3 is 9.26 Å². The highest BCUT2D eigenvalue weighted by Crippen LogP contribution is 2.38. The number of halogens is 5. The van der Waals surface area contributed by atoms with Gasteiger partial charge in [-0.1, -0.05) is 28.4 Å². The third-order valence-corrected chi connectivity index (χ3v) is 2.50. The van der Waals surface area contributed by atoms with Gasteiger partial charge in [0.25, 0.3) is 0 Å². The van der Waals surface area contributed by atoms with E-state index >= 15 is 0 Å². The number of nitrogens with zero attached hydrogens (tertiary/aromatic N) is 3. The van der Waals surface area contributed by atoms with Crippen molar-refractivity contribution in [1.29, 1.82) is 0 Å². The minimum Gasteiger partial charge on any atom is -0.481 e. The fourth-order valence-electron chi connectivity index (χ4n) is 1.17. The highest BCUT2D eigenvalue weighted by atomic mass is 35.5. The molecule has 0 aliphatic heterocycles. The van der Waals surface area contributed by atoms with Crippen LogP contribution in [0.25, 0.3) is 11.5 Å². The van der Waals surface area contributed by atoms with Gasteiger partial charge in [-0.2, -0.15) is 18.2 Å². The Hall–Kier alpha value is -1.54. The number of aromatic nitrogens is 3. The van der Waals surface area contributed by atoms with Gasteiger partial charge in [-0.25, -0.2) is 4.98 Å². The Morgan fingerprint density at radius 1 is 1.26 bits per heavy atom. The Morgan fingerprint density at radius 3 is 2.58 bits per heavy atom. The van der Waals surface area contributed by atoms with Gasteiger partial charge in [-0.15, -0.1) is 0 Å². The van der Waals surface area contributed by atoms with Crippen molar-refractivity contribution in [2.45, 2.75) is 6.18 Å². The van der Waals surface area contributed by atoms with Gasteiger partial charge >= 0.3 is 6.18 Å². The molecule has 0 aromatic carbocycles. The molecular formula is C9H4Cl2F3N3O2. The van der Waals surface area contributed by atoms with Crippen molar-refractivity contribution < 1.29 is 22.4 Å². The highest BCUT2D eigenvalue weighted by Gasteiger charge is 2.30. The van der Waals surface area contributed by atoms with Crippen molar-refractivity contribution >= 4 is 23.2 Å². The lowest BCUT2D eigenvalue weighted by atomic mass is 10.3. The Bertz CT molecular complexity index is 575. The summed E-state index contributed by atoms with van der Waals surface area (Å²) in [6.07, 6.45) is -2.40. The molecule has 0 fully saturated rings. The second-order valence-electron chi connectivity index (χ2n) is 3.26. The summed E-state index contributed by atoms with van der Waals surface area (Å²) in [5.74, 6) is -0.325. The van der Waals surface area contributed by atoms with Crippen LogP contribution in [0.5, 0.6) is 5.75 Å². The van der Waals surface area contributed by atoms with Crippen LogP contribution in [-0.2, 0) is 0 Å². The maximum atomic E-state index is 12.1. The summed E-state index contributed by atoms with van der Waals surface area (Å²) in [6, 6.07) is 0. The summed E-state index contributed by atoms with van der Waals surface area (Å²) in [4.78, 5) is 7.50. The molecule has 2 rings (SSSR count). The topological polar surface area (TPSA) is 61.0 Å². The standard InChI is InChI=1S/C9H4Cl2F3N3O2/c10-4-1-15-6(8-16-3-19-17-8)5(11)7(4)18-2-9(12,13)14/h1,3H,2H2. The molecule has 0 saturated heterocycles. The van der Waals surface area contributed by atoms with Crippen LogP contribution in [0.4, 0.5) is 13.2 Å². The van der Waals surface area contributed by atoms with Crippen LogP contribution in [-0.4, -0.2) is 27.9 Å². The van der Waals surface area contributed by atoms with Crippen molar-refractivity contribution in [1.82, 2.24) is 15.1 Å². The molecule has 2 aromatic heterocycles. The quantitative estimate of drug-likeness (QED) is 0.869. The molecule has 0 aliphatic rings. The number of alkyl halides is 3. The highest BCUT2D eigenvalue weighted by molar-refractivity contribution is 6.38. The largest absolute Gasteiger partial charge is 0.481 e. The van der Waals surface area contributed by atoms with Gasteiger partial charge in [0.15, 0.2) is 12.4 Å². The van der Waals surface area contributed by atoms with E-state index in [1.165, 1.54) is 0 Å². The summed E-state index contributed by atoms with van der Waals surface area (Å²) >= 11 is 11.6. The van der Waals surface area contributed by atoms with Crippen molar-refractivity contribution in [2.75, 3.05) is 6.61 Å². The van der Waals surface area contributed by atoms with Crippen LogP contribution in [0, 0.1) is 0 Å². The normalized spacial score (nSPS) is 11.6.